The summed E-state index contributed by atoms with van der Waals surface area (Å²) >= 11 is 0. The summed E-state index contributed by atoms with van der Waals surface area (Å²) in [5.41, 5.74) is -0.234. The van der Waals surface area contributed by atoms with Crippen LogP contribution >= 0.6 is 0 Å². The Bertz CT molecular complexity index is 628. The van der Waals surface area contributed by atoms with Gasteiger partial charge in [-0.05, 0) is 32.9 Å². The van der Waals surface area contributed by atoms with E-state index in [0.717, 1.165) is 0 Å². The molecule has 0 atom stereocenters. The monoisotopic (exact) mass is 277 g/mol. The summed E-state index contributed by atoms with van der Waals surface area (Å²) in [6.07, 6.45) is 1.67. The van der Waals surface area contributed by atoms with Gasteiger partial charge in [-0.25, -0.2) is 9.78 Å². The largest absolute Gasteiger partial charge is 0.476 e. The number of imidazole rings is 1. The molecule has 0 radical (unpaired) electrons. The Kier molecular flexibility index (Phi) is 3.67. The van der Waals surface area contributed by atoms with Crippen molar-refractivity contribution in [3.05, 3.63) is 30.1 Å². The molecule has 0 aliphatic heterocycles. The minimum Gasteiger partial charge on any atom is -0.476 e. The SMILES string of the molecule is CCN(CC(C)(C)O)c1nc2ccccn2c1C(=O)O. The summed E-state index contributed by atoms with van der Waals surface area (Å²) in [4.78, 5) is 17.7. The number of anilines is 1. The number of nitrogens with zero attached hydrogens (tertiary/aromatic N) is 3. The molecule has 0 amide bonds. The van der Waals surface area contributed by atoms with Gasteiger partial charge < -0.3 is 15.1 Å². The summed E-state index contributed by atoms with van der Waals surface area (Å²) in [6.45, 7) is 6.15. The maximum atomic E-state index is 11.5. The van der Waals surface area contributed by atoms with Crippen molar-refractivity contribution in [2.24, 2.45) is 0 Å². The van der Waals surface area contributed by atoms with Crippen LogP contribution in [0.2, 0.25) is 0 Å². The van der Waals surface area contributed by atoms with E-state index < -0.39 is 11.6 Å². The highest BCUT2D eigenvalue weighted by Crippen LogP contribution is 2.23. The van der Waals surface area contributed by atoms with Crippen molar-refractivity contribution in [1.29, 1.82) is 0 Å². The molecule has 0 saturated heterocycles. The van der Waals surface area contributed by atoms with E-state index in [0.29, 0.717) is 24.6 Å². The number of aromatic nitrogens is 2. The van der Waals surface area contributed by atoms with Crippen molar-refractivity contribution < 1.29 is 15.0 Å². The molecule has 0 bridgehead atoms. The van der Waals surface area contributed by atoms with Crippen LogP contribution in [0.25, 0.3) is 5.65 Å². The summed E-state index contributed by atoms with van der Waals surface area (Å²) in [6, 6.07) is 5.33. The van der Waals surface area contributed by atoms with Crippen molar-refractivity contribution in [3.63, 3.8) is 0 Å². The zero-order valence-electron chi connectivity index (χ0n) is 11.9. The fraction of sp³-hybridized carbons (Fsp3) is 0.429. The lowest BCUT2D eigenvalue weighted by molar-refractivity contribution is 0.0686. The molecular formula is C14H19N3O3. The van der Waals surface area contributed by atoms with Gasteiger partial charge in [0, 0.05) is 19.3 Å². The van der Waals surface area contributed by atoms with E-state index in [9.17, 15) is 15.0 Å². The van der Waals surface area contributed by atoms with Crippen LogP contribution in [0.3, 0.4) is 0 Å². The highest BCUT2D eigenvalue weighted by Gasteiger charge is 2.26. The van der Waals surface area contributed by atoms with Gasteiger partial charge in [-0.2, -0.15) is 0 Å². The maximum Gasteiger partial charge on any atom is 0.356 e. The summed E-state index contributed by atoms with van der Waals surface area (Å²) in [5, 5.41) is 19.4. The molecule has 2 heterocycles. The lowest BCUT2D eigenvalue weighted by Crippen LogP contribution is -2.39. The molecule has 6 nitrogen and oxygen atoms in total. The third-order valence-corrected chi connectivity index (χ3v) is 2.97. The highest BCUT2D eigenvalue weighted by molar-refractivity contribution is 5.93. The predicted molar refractivity (Wildman–Crippen MR) is 76.3 cm³/mol. The molecular weight excluding hydrogens is 258 g/mol. The number of aliphatic hydroxyl groups is 1. The topological polar surface area (TPSA) is 78.1 Å². The fourth-order valence-electron chi connectivity index (χ4n) is 2.21. The minimum atomic E-state index is -1.03. The van der Waals surface area contributed by atoms with Crippen molar-refractivity contribution in [1.82, 2.24) is 9.38 Å². The first-order valence-electron chi connectivity index (χ1n) is 6.51. The van der Waals surface area contributed by atoms with E-state index in [-0.39, 0.29) is 5.69 Å². The smallest absolute Gasteiger partial charge is 0.356 e. The Morgan fingerprint density at radius 3 is 2.70 bits per heavy atom. The Labute approximate surface area is 117 Å². The lowest BCUT2D eigenvalue weighted by atomic mass is 10.1. The number of carboxylic acid groups (broad SMARTS) is 1. The van der Waals surface area contributed by atoms with Crippen LogP contribution in [-0.4, -0.2) is 44.3 Å². The Morgan fingerprint density at radius 2 is 2.15 bits per heavy atom. The number of rotatable bonds is 5. The Balaban J connectivity index is 2.57. The molecule has 2 N–H and O–H groups in total. The standard InChI is InChI=1S/C14H19N3O3/c1-4-16(9-14(2,3)20)12-11(13(18)19)17-8-6-5-7-10(17)15-12/h5-8,20H,4,9H2,1-3H3,(H,18,19). The molecule has 2 aromatic heterocycles. The molecule has 2 rings (SSSR count). The minimum absolute atomic E-state index is 0.117. The molecule has 2 aromatic rings. The van der Waals surface area contributed by atoms with Crippen LogP contribution in [0.5, 0.6) is 0 Å². The number of hydrogen-bond donors (Lipinski definition) is 2. The maximum absolute atomic E-state index is 11.5. The van der Waals surface area contributed by atoms with E-state index in [1.807, 2.05) is 13.0 Å². The van der Waals surface area contributed by atoms with Crippen LogP contribution < -0.4 is 4.90 Å². The third-order valence-electron chi connectivity index (χ3n) is 2.97. The van der Waals surface area contributed by atoms with Gasteiger partial charge in [-0.1, -0.05) is 6.07 Å². The first-order valence-corrected chi connectivity index (χ1v) is 6.51. The summed E-state index contributed by atoms with van der Waals surface area (Å²) < 4.78 is 1.55. The van der Waals surface area contributed by atoms with E-state index in [1.165, 1.54) is 0 Å². The number of carboxylic acids is 1. The van der Waals surface area contributed by atoms with Gasteiger partial charge >= 0.3 is 5.97 Å². The Morgan fingerprint density at radius 1 is 1.45 bits per heavy atom. The first-order chi connectivity index (χ1) is 9.33. The summed E-state index contributed by atoms with van der Waals surface area (Å²) in [5.74, 6) is -0.652. The van der Waals surface area contributed by atoms with E-state index in [4.69, 9.17) is 0 Å². The predicted octanol–water partition coefficient (Wildman–Crippen LogP) is 1.63. The van der Waals surface area contributed by atoms with Crippen molar-refractivity contribution in [2.45, 2.75) is 26.4 Å². The zero-order chi connectivity index (χ0) is 14.9. The quantitative estimate of drug-likeness (QED) is 0.868. The zero-order valence-corrected chi connectivity index (χ0v) is 11.9. The van der Waals surface area contributed by atoms with E-state index in [1.54, 1.807) is 41.5 Å². The van der Waals surface area contributed by atoms with E-state index in [2.05, 4.69) is 4.98 Å². The van der Waals surface area contributed by atoms with Crippen LogP contribution in [0.1, 0.15) is 31.3 Å². The second-order valence-corrected chi connectivity index (χ2v) is 5.34. The second kappa shape index (κ2) is 5.13. The van der Waals surface area contributed by atoms with Gasteiger partial charge in [0.25, 0.3) is 0 Å². The van der Waals surface area contributed by atoms with Crippen LogP contribution in [-0.2, 0) is 0 Å². The average Bonchev–Trinajstić information content (AvgIpc) is 2.73. The van der Waals surface area contributed by atoms with Crippen molar-refractivity contribution >= 4 is 17.4 Å². The van der Waals surface area contributed by atoms with Crippen molar-refractivity contribution in [2.75, 3.05) is 18.0 Å². The molecule has 0 aliphatic rings. The molecule has 0 saturated carbocycles. The number of carbonyl (C=O) groups is 1. The van der Waals surface area contributed by atoms with E-state index >= 15 is 0 Å². The van der Waals surface area contributed by atoms with Gasteiger partial charge in [-0.15, -0.1) is 0 Å². The van der Waals surface area contributed by atoms with Gasteiger partial charge in [0.15, 0.2) is 11.5 Å². The molecule has 6 heteroatoms. The Hall–Kier alpha value is -2.08. The second-order valence-electron chi connectivity index (χ2n) is 5.34. The van der Waals surface area contributed by atoms with Crippen molar-refractivity contribution in [3.8, 4) is 0 Å². The molecule has 108 valence electrons. The average molecular weight is 277 g/mol. The van der Waals surface area contributed by atoms with Crippen LogP contribution in [0.4, 0.5) is 5.82 Å². The molecule has 0 aromatic carbocycles. The first kappa shape index (κ1) is 14.3. The number of fused-ring (bicyclic) bond motifs is 1. The normalized spacial score (nSPS) is 11.8. The molecule has 20 heavy (non-hydrogen) atoms. The summed E-state index contributed by atoms with van der Waals surface area (Å²) in [7, 11) is 0. The number of pyridine rings is 1. The van der Waals surface area contributed by atoms with Gasteiger partial charge in [-0.3, -0.25) is 4.40 Å². The highest BCUT2D eigenvalue weighted by atomic mass is 16.4. The fourth-order valence-corrected chi connectivity index (χ4v) is 2.21. The third kappa shape index (κ3) is 2.75. The number of likely N-dealkylation sites (N-methyl/N-ethyl adjacent to an activating group) is 1. The number of aromatic carboxylic acids is 1. The van der Waals surface area contributed by atoms with Gasteiger partial charge in [0.05, 0.1) is 5.60 Å². The van der Waals surface area contributed by atoms with Gasteiger partial charge in [0.2, 0.25) is 0 Å². The lowest BCUT2D eigenvalue weighted by Gasteiger charge is -2.28. The van der Waals surface area contributed by atoms with Crippen LogP contribution in [0, 0.1) is 0 Å². The number of hydrogen-bond acceptors (Lipinski definition) is 4. The molecule has 0 fully saturated rings. The van der Waals surface area contributed by atoms with Gasteiger partial charge in [0.1, 0.15) is 5.65 Å². The van der Waals surface area contributed by atoms with Crippen LogP contribution in [0.15, 0.2) is 24.4 Å². The molecule has 0 unspecified atom stereocenters. The molecule has 0 spiro atoms. The molecule has 0 aliphatic carbocycles.